The summed E-state index contributed by atoms with van der Waals surface area (Å²) in [5.74, 6) is 0.203. The third-order valence-corrected chi connectivity index (χ3v) is 5.29. The SMILES string of the molecule is CCCNC(=O)C(CC)N(Cc1cccc(C)c1)C(=O)COc1ccc(Cl)c(C)c1. The molecule has 2 aromatic carbocycles. The van der Waals surface area contributed by atoms with Gasteiger partial charge in [-0.2, -0.15) is 0 Å². The van der Waals surface area contributed by atoms with E-state index in [9.17, 15) is 9.59 Å². The Morgan fingerprint density at radius 3 is 2.53 bits per heavy atom. The minimum absolute atomic E-state index is 0.136. The molecule has 0 fully saturated rings. The summed E-state index contributed by atoms with van der Waals surface area (Å²) in [7, 11) is 0. The molecule has 6 heteroatoms. The molecule has 0 aliphatic carbocycles. The molecule has 2 rings (SSSR count). The van der Waals surface area contributed by atoms with Crippen molar-refractivity contribution in [2.24, 2.45) is 0 Å². The van der Waals surface area contributed by atoms with E-state index in [2.05, 4.69) is 5.32 Å². The highest BCUT2D eigenvalue weighted by Gasteiger charge is 2.28. The van der Waals surface area contributed by atoms with Gasteiger partial charge in [0.05, 0.1) is 0 Å². The van der Waals surface area contributed by atoms with Gasteiger partial charge >= 0.3 is 0 Å². The standard InChI is InChI=1S/C24H31ClN2O3/c1-5-12-26-24(29)22(6-2)27(15-19-9-7-8-17(3)13-19)23(28)16-30-20-10-11-21(25)18(4)14-20/h7-11,13-14,22H,5-6,12,15-16H2,1-4H3,(H,26,29). The lowest BCUT2D eigenvalue weighted by Gasteiger charge is -2.30. The number of rotatable bonds is 10. The van der Waals surface area contributed by atoms with Gasteiger partial charge in [-0.3, -0.25) is 9.59 Å². The number of halogens is 1. The zero-order valence-electron chi connectivity index (χ0n) is 18.2. The fourth-order valence-electron chi connectivity index (χ4n) is 3.23. The van der Waals surface area contributed by atoms with Crippen LogP contribution in [0.25, 0.3) is 0 Å². The maximum Gasteiger partial charge on any atom is 0.261 e. The second-order valence-corrected chi connectivity index (χ2v) is 7.83. The van der Waals surface area contributed by atoms with E-state index in [1.54, 1.807) is 23.1 Å². The zero-order chi connectivity index (χ0) is 22.1. The van der Waals surface area contributed by atoms with Crippen LogP contribution in [0.4, 0.5) is 0 Å². The van der Waals surface area contributed by atoms with Gasteiger partial charge in [-0.25, -0.2) is 0 Å². The average molecular weight is 431 g/mol. The molecule has 0 saturated heterocycles. The third-order valence-electron chi connectivity index (χ3n) is 4.86. The number of ether oxygens (including phenoxy) is 1. The van der Waals surface area contributed by atoms with Gasteiger partial charge in [0.15, 0.2) is 6.61 Å². The third kappa shape index (κ3) is 6.77. The molecule has 1 unspecified atom stereocenters. The van der Waals surface area contributed by atoms with Gasteiger partial charge in [-0.1, -0.05) is 55.3 Å². The summed E-state index contributed by atoms with van der Waals surface area (Å²) in [5.41, 5.74) is 2.97. The number of carbonyl (C=O) groups excluding carboxylic acids is 2. The molecule has 162 valence electrons. The topological polar surface area (TPSA) is 58.6 Å². The van der Waals surface area contributed by atoms with Gasteiger partial charge in [-0.15, -0.1) is 0 Å². The molecule has 1 N–H and O–H groups in total. The van der Waals surface area contributed by atoms with Crippen molar-refractivity contribution in [3.8, 4) is 5.75 Å². The predicted molar refractivity (Wildman–Crippen MR) is 121 cm³/mol. The number of amides is 2. The quantitative estimate of drug-likeness (QED) is 0.595. The lowest BCUT2D eigenvalue weighted by molar-refractivity contribution is -0.143. The van der Waals surface area contributed by atoms with Crippen LogP contribution in [0.2, 0.25) is 5.02 Å². The first-order chi connectivity index (χ1) is 14.3. The van der Waals surface area contributed by atoms with Crippen LogP contribution in [0.5, 0.6) is 5.75 Å². The van der Waals surface area contributed by atoms with E-state index >= 15 is 0 Å². The molecule has 1 atom stereocenters. The average Bonchev–Trinajstić information content (AvgIpc) is 2.72. The number of nitrogens with zero attached hydrogens (tertiary/aromatic N) is 1. The van der Waals surface area contributed by atoms with E-state index in [1.165, 1.54) is 0 Å². The first kappa shape index (κ1) is 23.7. The molecule has 5 nitrogen and oxygen atoms in total. The lowest BCUT2D eigenvalue weighted by atomic mass is 10.1. The van der Waals surface area contributed by atoms with Crippen molar-refractivity contribution in [1.82, 2.24) is 10.2 Å². The molecule has 0 radical (unpaired) electrons. The van der Waals surface area contributed by atoms with Gasteiger partial charge in [0.25, 0.3) is 5.91 Å². The number of aryl methyl sites for hydroxylation is 2. The van der Waals surface area contributed by atoms with Crippen molar-refractivity contribution in [2.45, 2.75) is 53.1 Å². The molecule has 0 aromatic heterocycles. The number of hydrogen-bond donors (Lipinski definition) is 1. The van der Waals surface area contributed by atoms with Crippen molar-refractivity contribution in [3.05, 3.63) is 64.2 Å². The minimum Gasteiger partial charge on any atom is -0.484 e. The Hall–Kier alpha value is -2.53. The Morgan fingerprint density at radius 1 is 1.13 bits per heavy atom. The number of hydrogen-bond acceptors (Lipinski definition) is 3. The molecule has 0 aliphatic heterocycles. The second-order valence-electron chi connectivity index (χ2n) is 7.43. The van der Waals surface area contributed by atoms with Crippen molar-refractivity contribution in [2.75, 3.05) is 13.2 Å². The van der Waals surface area contributed by atoms with Crippen LogP contribution < -0.4 is 10.1 Å². The smallest absolute Gasteiger partial charge is 0.261 e. The monoisotopic (exact) mass is 430 g/mol. The summed E-state index contributed by atoms with van der Waals surface area (Å²) in [6, 6.07) is 12.7. The van der Waals surface area contributed by atoms with Crippen LogP contribution in [0.15, 0.2) is 42.5 Å². The molecule has 30 heavy (non-hydrogen) atoms. The molecule has 0 heterocycles. The molecule has 2 aromatic rings. The van der Waals surface area contributed by atoms with E-state index in [0.29, 0.717) is 30.3 Å². The highest BCUT2D eigenvalue weighted by Crippen LogP contribution is 2.21. The highest BCUT2D eigenvalue weighted by atomic mass is 35.5. The van der Waals surface area contributed by atoms with Crippen molar-refractivity contribution >= 4 is 23.4 Å². The predicted octanol–water partition coefficient (Wildman–Crippen LogP) is 4.67. The Balaban J connectivity index is 2.20. The highest BCUT2D eigenvalue weighted by molar-refractivity contribution is 6.31. The lowest BCUT2D eigenvalue weighted by Crippen LogP contribution is -2.50. The maximum atomic E-state index is 13.1. The molecular formula is C24H31ClN2O3. The van der Waals surface area contributed by atoms with E-state index in [0.717, 1.165) is 23.1 Å². The van der Waals surface area contributed by atoms with Gasteiger partial charge in [-0.05, 0) is 56.0 Å². The Labute approximate surface area is 184 Å². The fourth-order valence-corrected chi connectivity index (χ4v) is 3.35. The van der Waals surface area contributed by atoms with Crippen molar-refractivity contribution < 1.29 is 14.3 Å². The van der Waals surface area contributed by atoms with Crippen LogP contribution in [-0.4, -0.2) is 35.9 Å². The summed E-state index contributed by atoms with van der Waals surface area (Å²) in [4.78, 5) is 27.5. The first-order valence-corrected chi connectivity index (χ1v) is 10.7. The van der Waals surface area contributed by atoms with E-state index < -0.39 is 6.04 Å². The van der Waals surface area contributed by atoms with Crippen LogP contribution in [0, 0.1) is 13.8 Å². The molecule has 0 saturated carbocycles. The number of nitrogens with one attached hydrogen (secondary N) is 1. The van der Waals surface area contributed by atoms with Gasteiger partial charge in [0.1, 0.15) is 11.8 Å². The molecule has 0 aliphatic rings. The fraction of sp³-hybridized carbons (Fsp3) is 0.417. The van der Waals surface area contributed by atoms with Crippen LogP contribution in [0.1, 0.15) is 43.4 Å². The largest absolute Gasteiger partial charge is 0.484 e. The second kappa shape index (κ2) is 11.6. The summed E-state index contributed by atoms with van der Waals surface area (Å²) in [6.45, 7) is 8.59. The minimum atomic E-state index is -0.555. The summed E-state index contributed by atoms with van der Waals surface area (Å²) < 4.78 is 5.72. The first-order valence-electron chi connectivity index (χ1n) is 10.4. The molecule has 0 bridgehead atoms. The van der Waals surface area contributed by atoms with Crippen LogP contribution in [-0.2, 0) is 16.1 Å². The molecular weight excluding hydrogens is 400 g/mol. The Kier molecular flexibility index (Phi) is 9.18. The maximum absolute atomic E-state index is 13.1. The van der Waals surface area contributed by atoms with E-state index in [1.807, 2.05) is 52.0 Å². The van der Waals surface area contributed by atoms with Crippen LogP contribution >= 0.6 is 11.6 Å². The van der Waals surface area contributed by atoms with E-state index in [4.69, 9.17) is 16.3 Å². The summed E-state index contributed by atoms with van der Waals surface area (Å²) >= 11 is 6.06. The normalized spacial score (nSPS) is 11.6. The summed E-state index contributed by atoms with van der Waals surface area (Å²) in [5, 5.41) is 3.56. The number of carbonyl (C=O) groups is 2. The van der Waals surface area contributed by atoms with E-state index in [-0.39, 0.29) is 18.4 Å². The summed E-state index contributed by atoms with van der Waals surface area (Å²) in [6.07, 6.45) is 1.36. The van der Waals surface area contributed by atoms with Gasteiger partial charge < -0.3 is 15.0 Å². The van der Waals surface area contributed by atoms with Crippen molar-refractivity contribution in [3.63, 3.8) is 0 Å². The molecule has 0 spiro atoms. The van der Waals surface area contributed by atoms with Crippen LogP contribution in [0.3, 0.4) is 0 Å². The molecule has 2 amide bonds. The Morgan fingerprint density at radius 2 is 1.90 bits per heavy atom. The number of benzene rings is 2. The van der Waals surface area contributed by atoms with Crippen molar-refractivity contribution in [1.29, 1.82) is 0 Å². The van der Waals surface area contributed by atoms with Gasteiger partial charge in [0.2, 0.25) is 5.91 Å². The van der Waals surface area contributed by atoms with Gasteiger partial charge in [0, 0.05) is 18.1 Å². The Bertz CT molecular complexity index is 869. The zero-order valence-corrected chi connectivity index (χ0v) is 19.0.